The van der Waals surface area contributed by atoms with Crippen LogP contribution in [0.5, 0.6) is 0 Å². The highest BCUT2D eigenvalue weighted by atomic mass is 16.4. The van der Waals surface area contributed by atoms with Gasteiger partial charge < -0.3 is 19.8 Å². The first-order valence-corrected chi connectivity index (χ1v) is 7.72. The lowest BCUT2D eigenvalue weighted by atomic mass is 9.94. The van der Waals surface area contributed by atoms with Crippen molar-refractivity contribution in [3.63, 3.8) is 0 Å². The Bertz CT molecular complexity index is 415. The number of piperidine rings is 1. The second-order valence-electron chi connectivity index (χ2n) is 6.21. The molecule has 0 aromatic heterocycles. The first-order chi connectivity index (χ1) is 10.2. The maximum Gasteiger partial charge on any atom is 0.319 e. The number of aliphatic carboxylic acids is 1. The second kappa shape index (κ2) is 8.00. The van der Waals surface area contributed by atoms with Crippen LogP contribution in [0, 0.1) is 5.92 Å². The minimum atomic E-state index is -0.898. The summed E-state index contributed by atoms with van der Waals surface area (Å²) in [6, 6.07) is -0.0502. The minimum absolute atomic E-state index is 0.00759. The Morgan fingerprint density at radius 1 is 1.18 bits per heavy atom. The monoisotopic (exact) mass is 313 g/mol. The Labute approximate surface area is 131 Å². The summed E-state index contributed by atoms with van der Waals surface area (Å²) in [5.41, 5.74) is 0. The van der Waals surface area contributed by atoms with Crippen molar-refractivity contribution >= 4 is 17.9 Å². The van der Waals surface area contributed by atoms with E-state index in [0.717, 1.165) is 0 Å². The smallest absolute Gasteiger partial charge is 0.319 e. The third kappa shape index (κ3) is 4.89. The molecule has 1 aliphatic heterocycles. The van der Waals surface area contributed by atoms with Gasteiger partial charge in [-0.05, 0) is 26.7 Å². The summed E-state index contributed by atoms with van der Waals surface area (Å²) in [5, 5.41) is 8.80. The number of urea groups is 1. The molecular weight excluding hydrogens is 286 g/mol. The van der Waals surface area contributed by atoms with E-state index in [1.165, 1.54) is 4.90 Å². The zero-order valence-electron chi connectivity index (χ0n) is 13.9. The zero-order chi connectivity index (χ0) is 16.9. The van der Waals surface area contributed by atoms with Gasteiger partial charge in [0, 0.05) is 45.7 Å². The van der Waals surface area contributed by atoms with E-state index in [1.54, 1.807) is 23.9 Å². The van der Waals surface area contributed by atoms with Gasteiger partial charge in [-0.2, -0.15) is 0 Å². The average Bonchev–Trinajstić information content (AvgIpc) is 2.45. The molecule has 0 aromatic rings. The number of rotatable bonds is 5. The van der Waals surface area contributed by atoms with Crippen molar-refractivity contribution in [2.24, 2.45) is 5.92 Å². The van der Waals surface area contributed by atoms with Crippen LogP contribution >= 0.6 is 0 Å². The van der Waals surface area contributed by atoms with Crippen LogP contribution in [0.1, 0.15) is 33.1 Å². The summed E-state index contributed by atoms with van der Waals surface area (Å²) in [4.78, 5) is 40.1. The molecule has 0 aromatic carbocycles. The summed E-state index contributed by atoms with van der Waals surface area (Å²) in [6.45, 7) is 5.16. The van der Waals surface area contributed by atoms with Crippen LogP contribution in [0.3, 0.4) is 0 Å². The van der Waals surface area contributed by atoms with E-state index in [1.807, 2.05) is 13.8 Å². The first-order valence-electron chi connectivity index (χ1n) is 7.72. The minimum Gasteiger partial charge on any atom is -0.481 e. The fourth-order valence-corrected chi connectivity index (χ4v) is 2.67. The van der Waals surface area contributed by atoms with Crippen molar-refractivity contribution < 1.29 is 19.5 Å². The first kappa shape index (κ1) is 18.3. The van der Waals surface area contributed by atoms with Gasteiger partial charge in [0.05, 0.1) is 6.42 Å². The number of amides is 3. The molecule has 3 amide bonds. The fraction of sp³-hybridized carbons (Fsp3) is 0.800. The maximum absolute atomic E-state index is 12.6. The van der Waals surface area contributed by atoms with Gasteiger partial charge in [-0.25, -0.2) is 4.79 Å². The zero-order valence-corrected chi connectivity index (χ0v) is 13.9. The highest BCUT2D eigenvalue weighted by Crippen LogP contribution is 2.21. The molecule has 0 spiro atoms. The molecule has 22 heavy (non-hydrogen) atoms. The Morgan fingerprint density at radius 3 is 2.14 bits per heavy atom. The lowest BCUT2D eigenvalue weighted by molar-refractivity contribution is -0.141. The Kier molecular flexibility index (Phi) is 6.64. The average molecular weight is 313 g/mol. The van der Waals surface area contributed by atoms with Gasteiger partial charge in [-0.3, -0.25) is 9.59 Å². The number of carbonyl (C=O) groups is 3. The summed E-state index contributed by atoms with van der Waals surface area (Å²) in [7, 11) is 3.43. The quantitative estimate of drug-likeness (QED) is 0.824. The van der Waals surface area contributed by atoms with Crippen molar-refractivity contribution in [3.05, 3.63) is 0 Å². The highest BCUT2D eigenvalue weighted by Gasteiger charge is 2.31. The molecule has 1 rings (SSSR count). The van der Waals surface area contributed by atoms with Gasteiger partial charge in [0.15, 0.2) is 0 Å². The van der Waals surface area contributed by atoms with E-state index in [2.05, 4.69) is 0 Å². The number of carbonyl (C=O) groups excluding carboxylic acids is 2. The maximum atomic E-state index is 12.6. The van der Waals surface area contributed by atoms with E-state index in [9.17, 15) is 14.4 Å². The summed E-state index contributed by atoms with van der Waals surface area (Å²) >= 11 is 0. The number of carboxylic acids is 1. The Morgan fingerprint density at radius 2 is 1.73 bits per heavy atom. The molecule has 1 N–H and O–H groups in total. The van der Waals surface area contributed by atoms with Gasteiger partial charge in [-0.15, -0.1) is 0 Å². The van der Waals surface area contributed by atoms with Crippen LogP contribution in [-0.4, -0.2) is 77.5 Å². The van der Waals surface area contributed by atoms with Crippen LogP contribution in [0.4, 0.5) is 4.79 Å². The van der Waals surface area contributed by atoms with Crippen LogP contribution in [-0.2, 0) is 9.59 Å². The Hall–Kier alpha value is -1.79. The number of hydrogen-bond donors (Lipinski definition) is 1. The predicted octanol–water partition coefficient (Wildman–Crippen LogP) is 1.09. The molecule has 126 valence electrons. The number of nitrogens with zero attached hydrogens (tertiary/aromatic N) is 3. The summed E-state index contributed by atoms with van der Waals surface area (Å²) in [6.07, 6.45) is 1.23. The van der Waals surface area contributed by atoms with Crippen molar-refractivity contribution in [3.8, 4) is 0 Å². The molecule has 1 saturated heterocycles. The van der Waals surface area contributed by atoms with Crippen LogP contribution in [0.2, 0.25) is 0 Å². The van der Waals surface area contributed by atoms with Gasteiger partial charge in [0.2, 0.25) is 5.91 Å². The SMILES string of the molecule is CC(C)N(CCC(=O)O)C(=O)C1CCN(C(=O)N(C)C)CC1. The van der Waals surface area contributed by atoms with Crippen LogP contribution in [0.15, 0.2) is 0 Å². The van der Waals surface area contributed by atoms with Gasteiger partial charge in [0.25, 0.3) is 0 Å². The normalized spacial score (nSPS) is 15.8. The Balaban J connectivity index is 2.58. The molecule has 0 saturated carbocycles. The van der Waals surface area contributed by atoms with E-state index in [-0.39, 0.29) is 36.9 Å². The van der Waals surface area contributed by atoms with E-state index < -0.39 is 5.97 Å². The third-order valence-electron chi connectivity index (χ3n) is 3.97. The molecule has 0 bridgehead atoms. The third-order valence-corrected chi connectivity index (χ3v) is 3.97. The number of likely N-dealkylation sites (tertiary alicyclic amines) is 1. The number of carboxylic acid groups (broad SMARTS) is 1. The molecule has 7 heteroatoms. The predicted molar refractivity (Wildman–Crippen MR) is 82.5 cm³/mol. The molecule has 0 unspecified atom stereocenters. The van der Waals surface area contributed by atoms with Crippen molar-refractivity contribution in [2.75, 3.05) is 33.7 Å². The largest absolute Gasteiger partial charge is 0.481 e. The molecule has 7 nitrogen and oxygen atoms in total. The molecule has 0 radical (unpaired) electrons. The van der Waals surface area contributed by atoms with Gasteiger partial charge in [0.1, 0.15) is 0 Å². The van der Waals surface area contributed by atoms with E-state index in [0.29, 0.717) is 25.9 Å². The van der Waals surface area contributed by atoms with E-state index in [4.69, 9.17) is 5.11 Å². The standard InChI is InChI=1S/C15H27N3O4/c1-11(2)18(10-7-13(19)20)14(21)12-5-8-17(9-6-12)15(22)16(3)4/h11-12H,5-10H2,1-4H3,(H,19,20). The molecular formula is C15H27N3O4. The molecule has 1 heterocycles. The summed E-state index contributed by atoms with van der Waals surface area (Å²) < 4.78 is 0. The number of hydrogen-bond acceptors (Lipinski definition) is 3. The lowest BCUT2D eigenvalue weighted by Crippen LogP contribution is -2.48. The van der Waals surface area contributed by atoms with Crippen molar-refractivity contribution in [1.29, 1.82) is 0 Å². The van der Waals surface area contributed by atoms with Gasteiger partial charge in [-0.1, -0.05) is 0 Å². The molecule has 0 atom stereocenters. The topological polar surface area (TPSA) is 81.2 Å². The second-order valence-corrected chi connectivity index (χ2v) is 6.21. The highest BCUT2D eigenvalue weighted by molar-refractivity contribution is 5.80. The molecule has 0 aliphatic carbocycles. The molecule has 1 aliphatic rings. The lowest BCUT2D eigenvalue weighted by Gasteiger charge is -2.36. The van der Waals surface area contributed by atoms with Crippen molar-refractivity contribution in [1.82, 2.24) is 14.7 Å². The fourth-order valence-electron chi connectivity index (χ4n) is 2.67. The van der Waals surface area contributed by atoms with Gasteiger partial charge >= 0.3 is 12.0 Å². The molecule has 1 fully saturated rings. The van der Waals surface area contributed by atoms with Crippen LogP contribution in [0.25, 0.3) is 0 Å². The van der Waals surface area contributed by atoms with Crippen LogP contribution < -0.4 is 0 Å². The van der Waals surface area contributed by atoms with E-state index >= 15 is 0 Å². The summed E-state index contributed by atoms with van der Waals surface area (Å²) in [5.74, 6) is -1.01. The van der Waals surface area contributed by atoms with Crippen molar-refractivity contribution in [2.45, 2.75) is 39.2 Å².